The molecule has 0 aliphatic carbocycles. The number of hydrogen-bond donors (Lipinski definition) is 1. The Bertz CT molecular complexity index is 974. The molecule has 1 fully saturated rings. The number of nitrogens with zero attached hydrogens (tertiary/aromatic N) is 3. The van der Waals surface area contributed by atoms with Crippen LogP contribution in [0.5, 0.6) is 0 Å². The predicted molar refractivity (Wildman–Crippen MR) is 103 cm³/mol. The fraction of sp³-hybridized carbons (Fsp3) is 0.316. The lowest BCUT2D eigenvalue weighted by molar-refractivity contribution is -0.134. The van der Waals surface area contributed by atoms with Gasteiger partial charge in [0.05, 0.1) is 36.0 Å². The van der Waals surface area contributed by atoms with Crippen molar-refractivity contribution in [1.29, 1.82) is 0 Å². The molecule has 0 unspecified atom stereocenters. The van der Waals surface area contributed by atoms with Crippen LogP contribution in [0.2, 0.25) is 0 Å². The van der Waals surface area contributed by atoms with E-state index in [1.165, 1.54) is 11.3 Å². The highest BCUT2D eigenvalue weighted by Gasteiger charge is 2.20. The van der Waals surface area contributed by atoms with Gasteiger partial charge in [0.2, 0.25) is 5.91 Å². The van der Waals surface area contributed by atoms with E-state index in [0.29, 0.717) is 31.2 Å². The van der Waals surface area contributed by atoms with Crippen molar-refractivity contribution < 1.29 is 14.3 Å². The van der Waals surface area contributed by atoms with E-state index in [1.807, 2.05) is 48.0 Å². The molecule has 1 aromatic carbocycles. The van der Waals surface area contributed by atoms with Gasteiger partial charge in [-0.25, -0.2) is 4.68 Å². The summed E-state index contributed by atoms with van der Waals surface area (Å²) in [6.07, 6.45) is 0. The molecule has 2 aromatic heterocycles. The largest absolute Gasteiger partial charge is 0.378 e. The molecule has 0 radical (unpaired) electrons. The number of aromatic nitrogens is 2. The van der Waals surface area contributed by atoms with Crippen molar-refractivity contribution in [2.75, 3.05) is 32.8 Å². The second kappa shape index (κ2) is 7.50. The lowest BCUT2D eigenvalue weighted by atomic mass is 10.3. The first-order valence-electron chi connectivity index (χ1n) is 8.82. The summed E-state index contributed by atoms with van der Waals surface area (Å²) in [5.41, 5.74) is 1.82. The summed E-state index contributed by atoms with van der Waals surface area (Å²) in [7, 11) is 0. The van der Waals surface area contributed by atoms with Gasteiger partial charge < -0.3 is 15.0 Å². The minimum atomic E-state index is -0.239. The van der Waals surface area contributed by atoms with Gasteiger partial charge in [-0.05, 0) is 25.1 Å². The van der Waals surface area contributed by atoms with E-state index in [1.54, 1.807) is 4.90 Å². The molecule has 3 heterocycles. The number of para-hydroxylation sites is 1. The van der Waals surface area contributed by atoms with Gasteiger partial charge in [0.25, 0.3) is 5.91 Å². The Labute approximate surface area is 160 Å². The van der Waals surface area contributed by atoms with Crippen LogP contribution in [0.4, 0.5) is 0 Å². The highest BCUT2D eigenvalue weighted by Crippen LogP contribution is 2.30. The average Bonchev–Trinajstić information content (AvgIpc) is 3.28. The minimum Gasteiger partial charge on any atom is -0.378 e. The minimum absolute atomic E-state index is 0.00310. The summed E-state index contributed by atoms with van der Waals surface area (Å²) in [6.45, 7) is 4.17. The third kappa shape index (κ3) is 3.58. The van der Waals surface area contributed by atoms with Gasteiger partial charge in [-0.2, -0.15) is 5.10 Å². The van der Waals surface area contributed by atoms with Crippen molar-refractivity contribution >= 4 is 33.4 Å². The number of morpholine rings is 1. The van der Waals surface area contributed by atoms with Crippen molar-refractivity contribution in [3.8, 4) is 5.69 Å². The molecular formula is C19H20N4O3S. The molecule has 2 amide bonds. The van der Waals surface area contributed by atoms with Crippen molar-refractivity contribution in [1.82, 2.24) is 20.0 Å². The highest BCUT2D eigenvalue weighted by molar-refractivity contribution is 7.20. The molecule has 1 aliphatic rings. The average molecular weight is 384 g/mol. The third-order valence-corrected chi connectivity index (χ3v) is 5.64. The molecule has 1 aliphatic heterocycles. The number of aryl methyl sites for hydroxylation is 1. The standard InChI is InChI=1S/C19H20N4O3S/c1-13-15-11-16(18(25)20-12-17(24)22-7-9-26-10-8-22)27-19(15)23(21-13)14-5-3-2-4-6-14/h2-6,11H,7-10,12H2,1H3,(H,20,25). The van der Waals surface area contributed by atoms with Crippen molar-refractivity contribution in [2.45, 2.75) is 6.92 Å². The number of fused-ring (bicyclic) bond motifs is 1. The van der Waals surface area contributed by atoms with Gasteiger partial charge in [-0.1, -0.05) is 18.2 Å². The summed E-state index contributed by atoms with van der Waals surface area (Å²) in [4.78, 5) is 27.9. The lowest BCUT2D eigenvalue weighted by Crippen LogP contribution is -2.45. The maximum atomic E-state index is 12.5. The van der Waals surface area contributed by atoms with Crippen LogP contribution in [0.3, 0.4) is 0 Å². The number of rotatable bonds is 4. The molecule has 1 saturated heterocycles. The lowest BCUT2D eigenvalue weighted by Gasteiger charge is -2.26. The summed E-state index contributed by atoms with van der Waals surface area (Å²) in [5, 5.41) is 8.27. The molecule has 0 bridgehead atoms. The zero-order valence-electron chi connectivity index (χ0n) is 15.0. The first kappa shape index (κ1) is 17.7. The maximum absolute atomic E-state index is 12.5. The Morgan fingerprint density at radius 3 is 2.70 bits per heavy atom. The van der Waals surface area contributed by atoms with Gasteiger partial charge in [0.15, 0.2) is 0 Å². The molecule has 7 nitrogen and oxygen atoms in total. The monoisotopic (exact) mass is 384 g/mol. The molecule has 0 saturated carbocycles. The second-order valence-electron chi connectivity index (χ2n) is 6.34. The SMILES string of the molecule is Cc1nn(-c2ccccc2)c2sc(C(=O)NCC(=O)N3CCOCC3)cc12. The Balaban J connectivity index is 1.50. The van der Waals surface area contributed by atoms with E-state index in [0.717, 1.165) is 21.6 Å². The number of nitrogens with one attached hydrogen (secondary N) is 1. The summed E-state index contributed by atoms with van der Waals surface area (Å²) in [5.74, 6) is -0.323. The van der Waals surface area contributed by atoms with Crippen molar-refractivity contribution in [3.05, 3.63) is 47.0 Å². The fourth-order valence-corrected chi connectivity index (χ4v) is 4.17. The molecule has 27 heavy (non-hydrogen) atoms. The Hall–Kier alpha value is -2.71. The van der Waals surface area contributed by atoms with Crippen LogP contribution in [0.15, 0.2) is 36.4 Å². The number of carbonyl (C=O) groups is 2. The number of benzene rings is 1. The van der Waals surface area contributed by atoms with E-state index in [9.17, 15) is 9.59 Å². The zero-order valence-corrected chi connectivity index (χ0v) is 15.8. The molecular weight excluding hydrogens is 364 g/mol. The van der Waals surface area contributed by atoms with Crippen LogP contribution in [0.25, 0.3) is 15.9 Å². The molecule has 0 spiro atoms. The Kier molecular flexibility index (Phi) is 4.91. The van der Waals surface area contributed by atoms with E-state index in [2.05, 4.69) is 10.4 Å². The van der Waals surface area contributed by atoms with Crippen LogP contribution in [0, 0.1) is 6.92 Å². The van der Waals surface area contributed by atoms with E-state index in [4.69, 9.17) is 4.74 Å². The van der Waals surface area contributed by atoms with Gasteiger partial charge in [-0.15, -0.1) is 11.3 Å². The molecule has 0 atom stereocenters. The summed E-state index contributed by atoms with van der Waals surface area (Å²) >= 11 is 1.38. The van der Waals surface area contributed by atoms with Crippen LogP contribution in [-0.4, -0.2) is 59.3 Å². The molecule has 140 valence electrons. The quantitative estimate of drug-likeness (QED) is 0.746. The number of carbonyl (C=O) groups excluding carboxylic acids is 2. The van der Waals surface area contributed by atoms with Crippen LogP contribution >= 0.6 is 11.3 Å². The molecule has 4 rings (SSSR count). The summed E-state index contributed by atoms with van der Waals surface area (Å²) in [6, 6.07) is 11.7. The first-order valence-corrected chi connectivity index (χ1v) is 9.63. The van der Waals surface area contributed by atoms with E-state index < -0.39 is 0 Å². The van der Waals surface area contributed by atoms with Crippen LogP contribution < -0.4 is 5.32 Å². The number of hydrogen-bond acceptors (Lipinski definition) is 5. The van der Waals surface area contributed by atoms with Crippen LogP contribution in [-0.2, 0) is 9.53 Å². The van der Waals surface area contributed by atoms with Crippen LogP contribution in [0.1, 0.15) is 15.4 Å². The normalized spacial score (nSPS) is 14.5. The number of ether oxygens (including phenoxy) is 1. The topological polar surface area (TPSA) is 76.5 Å². The van der Waals surface area contributed by atoms with Gasteiger partial charge >= 0.3 is 0 Å². The van der Waals surface area contributed by atoms with Gasteiger partial charge in [-0.3, -0.25) is 9.59 Å². The fourth-order valence-electron chi connectivity index (χ4n) is 3.07. The van der Waals surface area contributed by atoms with Gasteiger partial charge in [0, 0.05) is 18.5 Å². The Morgan fingerprint density at radius 2 is 1.96 bits per heavy atom. The predicted octanol–water partition coefficient (Wildman–Crippen LogP) is 1.98. The Morgan fingerprint density at radius 1 is 1.22 bits per heavy atom. The number of thiophene rings is 1. The van der Waals surface area contributed by atoms with Gasteiger partial charge in [0.1, 0.15) is 4.83 Å². The van der Waals surface area contributed by atoms with E-state index in [-0.39, 0.29) is 18.4 Å². The summed E-state index contributed by atoms with van der Waals surface area (Å²) < 4.78 is 7.09. The van der Waals surface area contributed by atoms with Crippen molar-refractivity contribution in [3.63, 3.8) is 0 Å². The van der Waals surface area contributed by atoms with Crippen molar-refractivity contribution in [2.24, 2.45) is 0 Å². The maximum Gasteiger partial charge on any atom is 0.261 e. The zero-order chi connectivity index (χ0) is 18.8. The first-order chi connectivity index (χ1) is 13.1. The second-order valence-corrected chi connectivity index (χ2v) is 7.37. The van der Waals surface area contributed by atoms with E-state index >= 15 is 0 Å². The highest BCUT2D eigenvalue weighted by atomic mass is 32.1. The molecule has 3 aromatic rings. The smallest absolute Gasteiger partial charge is 0.261 e. The third-order valence-electron chi connectivity index (χ3n) is 4.53. The molecule has 8 heteroatoms. The molecule has 1 N–H and O–H groups in total. The number of amides is 2.